The van der Waals surface area contributed by atoms with Gasteiger partial charge >= 0.3 is 0 Å². The van der Waals surface area contributed by atoms with Crippen molar-refractivity contribution in [3.63, 3.8) is 0 Å². The number of piperidine rings is 1. The number of carbonyl (C=O) groups is 1. The largest absolute Gasteiger partial charge is 0.337 e. The minimum atomic E-state index is 0.0729. The van der Waals surface area contributed by atoms with E-state index in [1.807, 2.05) is 52.3 Å². The van der Waals surface area contributed by atoms with Gasteiger partial charge in [0.25, 0.3) is 5.91 Å². The van der Waals surface area contributed by atoms with Crippen LogP contribution < -0.4 is 0 Å². The molecule has 0 unspecified atom stereocenters. The molecule has 23 heavy (non-hydrogen) atoms. The van der Waals surface area contributed by atoms with Gasteiger partial charge in [0.1, 0.15) is 0 Å². The predicted octanol–water partition coefficient (Wildman–Crippen LogP) is 3.05. The highest BCUT2D eigenvalue weighted by atomic mass is 32.1. The highest BCUT2D eigenvalue weighted by Gasteiger charge is 2.25. The summed E-state index contributed by atoms with van der Waals surface area (Å²) in [6.45, 7) is 2.55. The van der Waals surface area contributed by atoms with Gasteiger partial charge in [0.2, 0.25) is 0 Å². The number of para-hydroxylation sites is 1. The topological polar surface area (TPSA) is 51.0 Å². The zero-order chi connectivity index (χ0) is 15.6. The molecule has 1 aliphatic heterocycles. The van der Waals surface area contributed by atoms with E-state index in [9.17, 15) is 4.79 Å². The molecule has 3 aromatic rings. The van der Waals surface area contributed by atoms with Crippen LogP contribution in [0.15, 0.2) is 42.7 Å². The zero-order valence-electron chi connectivity index (χ0n) is 12.8. The molecule has 0 bridgehead atoms. The molecule has 0 aliphatic carbocycles. The van der Waals surface area contributed by atoms with E-state index in [0.29, 0.717) is 10.9 Å². The normalized spacial score (nSPS) is 16.1. The third-order valence-electron chi connectivity index (χ3n) is 4.38. The standard InChI is InChI=1S/C17H18N4OS/c22-17(16-19-14-4-1-2-5-15(14)23-16)20-10-6-13(7-11-20)12-21-9-3-8-18-21/h1-5,8-9,13H,6-7,10-12H2. The SMILES string of the molecule is O=C(c1nc2ccccc2s1)N1CCC(Cn2cccn2)CC1. The average Bonchev–Trinajstić information content (AvgIpc) is 3.24. The number of aromatic nitrogens is 3. The van der Waals surface area contributed by atoms with Crippen LogP contribution in [0.3, 0.4) is 0 Å². The second kappa shape index (κ2) is 6.12. The Morgan fingerprint density at radius 2 is 2.04 bits per heavy atom. The Kier molecular flexibility index (Phi) is 3.83. The fourth-order valence-electron chi connectivity index (χ4n) is 3.09. The molecule has 1 aliphatic rings. The first-order valence-corrected chi connectivity index (χ1v) is 8.73. The maximum atomic E-state index is 12.6. The van der Waals surface area contributed by atoms with Gasteiger partial charge in [0.05, 0.1) is 10.2 Å². The van der Waals surface area contributed by atoms with Crippen LogP contribution in [-0.2, 0) is 6.54 Å². The van der Waals surface area contributed by atoms with Crippen LogP contribution in [0.4, 0.5) is 0 Å². The second-order valence-electron chi connectivity index (χ2n) is 5.95. The van der Waals surface area contributed by atoms with Crippen LogP contribution in [0, 0.1) is 5.92 Å². The van der Waals surface area contributed by atoms with Crippen molar-refractivity contribution in [1.29, 1.82) is 0 Å². The molecule has 0 spiro atoms. The number of nitrogens with zero attached hydrogens (tertiary/aromatic N) is 4. The van der Waals surface area contributed by atoms with E-state index in [0.717, 1.165) is 42.7 Å². The summed E-state index contributed by atoms with van der Waals surface area (Å²) >= 11 is 1.49. The van der Waals surface area contributed by atoms with Crippen LogP contribution in [0.25, 0.3) is 10.2 Å². The molecule has 1 fully saturated rings. The first kappa shape index (κ1) is 14.4. The first-order valence-electron chi connectivity index (χ1n) is 7.92. The van der Waals surface area contributed by atoms with E-state index in [1.165, 1.54) is 11.3 Å². The van der Waals surface area contributed by atoms with Gasteiger partial charge < -0.3 is 4.90 Å². The molecular weight excluding hydrogens is 308 g/mol. The van der Waals surface area contributed by atoms with E-state index in [4.69, 9.17) is 0 Å². The monoisotopic (exact) mass is 326 g/mol. The first-order chi connectivity index (χ1) is 11.3. The van der Waals surface area contributed by atoms with Crippen LogP contribution in [0.5, 0.6) is 0 Å². The summed E-state index contributed by atoms with van der Waals surface area (Å²) in [4.78, 5) is 19.1. The van der Waals surface area contributed by atoms with Gasteiger partial charge in [-0.1, -0.05) is 12.1 Å². The van der Waals surface area contributed by atoms with Crippen molar-refractivity contribution in [1.82, 2.24) is 19.7 Å². The maximum Gasteiger partial charge on any atom is 0.282 e. The number of likely N-dealkylation sites (tertiary alicyclic amines) is 1. The Labute approximate surface area is 138 Å². The Bertz CT molecular complexity index is 770. The Balaban J connectivity index is 1.40. The lowest BCUT2D eigenvalue weighted by molar-refractivity contribution is 0.0681. The fraction of sp³-hybridized carbons (Fsp3) is 0.353. The number of amides is 1. The summed E-state index contributed by atoms with van der Waals surface area (Å²) in [6, 6.07) is 9.86. The van der Waals surface area contributed by atoms with Crippen molar-refractivity contribution in [2.45, 2.75) is 19.4 Å². The second-order valence-corrected chi connectivity index (χ2v) is 6.98. The molecule has 2 aromatic heterocycles. The highest BCUT2D eigenvalue weighted by Crippen LogP contribution is 2.25. The Morgan fingerprint density at radius 3 is 2.78 bits per heavy atom. The van der Waals surface area contributed by atoms with Crippen molar-refractivity contribution in [3.8, 4) is 0 Å². The quantitative estimate of drug-likeness (QED) is 0.743. The number of benzene rings is 1. The lowest BCUT2D eigenvalue weighted by Crippen LogP contribution is -2.39. The minimum Gasteiger partial charge on any atom is -0.337 e. The summed E-state index contributed by atoms with van der Waals surface area (Å²) in [7, 11) is 0. The van der Waals surface area contributed by atoms with Gasteiger partial charge in [0, 0.05) is 32.0 Å². The van der Waals surface area contributed by atoms with Crippen LogP contribution >= 0.6 is 11.3 Å². The summed E-state index contributed by atoms with van der Waals surface area (Å²) in [5.41, 5.74) is 0.911. The molecule has 118 valence electrons. The molecule has 4 rings (SSSR count). The molecule has 1 saturated heterocycles. The summed E-state index contributed by atoms with van der Waals surface area (Å²) in [6.07, 6.45) is 5.86. The van der Waals surface area contributed by atoms with Crippen LogP contribution in [0.2, 0.25) is 0 Å². The number of carbonyl (C=O) groups excluding carboxylic acids is 1. The Hall–Kier alpha value is -2.21. The number of rotatable bonds is 3. The molecule has 1 aromatic carbocycles. The lowest BCUT2D eigenvalue weighted by atomic mass is 9.97. The van der Waals surface area contributed by atoms with Gasteiger partial charge in [-0.15, -0.1) is 11.3 Å². The molecular formula is C17H18N4OS. The van der Waals surface area contributed by atoms with Crippen LogP contribution in [-0.4, -0.2) is 38.7 Å². The average molecular weight is 326 g/mol. The van der Waals surface area contributed by atoms with E-state index in [2.05, 4.69) is 10.1 Å². The zero-order valence-corrected chi connectivity index (χ0v) is 13.6. The van der Waals surface area contributed by atoms with Crippen LogP contribution in [0.1, 0.15) is 22.6 Å². The third-order valence-corrected chi connectivity index (χ3v) is 5.41. The third kappa shape index (κ3) is 2.99. The van der Waals surface area contributed by atoms with Gasteiger partial charge in [-0.25, -0.2) is 4.98 Å². The smallest absolute Gasteiger partial charge is 0.282 e. The summed E-state index contributed by atoms with van der Waals surface area (Å²) in [5, 5.41) is 4.87. The van der Waals surface area contributed by atoms with Gasteiger partial charge in [-0.05, 0) is 37.0 Å². The molecule has 0 N–H and O–H groups in total. The number of fused-ring (bicyclic) bond motifs is 1. The fourth-order valence-corrected chi connectivity index (χ4v) is 4.02. The molecule has 0 saturated carbocycles. The lowest BCUT2D eigenvalue weighted by Gasteiger charge is -2.31. The number of thiazole rings is 1. The summed E-state index contributed by atoms with van der Waals surface area (Å²) in [5.74, 6) is 0.665. The van der Waals surface area contributed by atoms with Crippen molar-refractivity contribution in [2.24, 2.45) is 5.92 Å². The van der Waals surface area contributed by atoms with E-state index < -0.39 is 0 Å². The molecule has 6 heteroatoms. The minimum absolute atomic E-state index is 0.0729. The van der Waals surface area contributed by atoms with Crippen molar-refractivity contribution >= 4 is 27.5 Å². The van der Waals surface area contributed by atoms with E-state index in [1.54, 1.807) is 0 Å². The Morgan fingerprint density at radius 1 is 1.22 bits per heavy atom. The molecule has 1 amide bonds. The molecule has 5 nitrogen and oxygen atoms in total. The number of hydrogen-bond acceptors (Lipinski definition) is 4. The van der Waals surface area contributed by atoms with E-state index in [-0.39, 0.29) is 5.91 Å². The molecule has 0 atom stereocenters. The van der Waals surface area contributed by atoms with Crippen molar-refractivity contribution in [2.75, 3.05) is 13.1 Å². The molecule has 3 heterocycles. The van der Waals surface area contributed by atoms with Crippen molar-refractivity contribution in [3.05, 3.63) is 47.7 Å². The predicted molar refractivity (Wildman–Crippen MR) is 90.5 cm³/mol. The maximum absolute atomic E-state index is 12.6. The number of hydrogen-bond donors (Lipinski definition) is 0. The van der Waals surface area contributed by atoms with Gasteiger partial charge in [-0.2, -0.15) is 5.10 Å². The van der Waals surface area contributed by atoms with E-state index >= 15 is 0 Å². The molecule has 0 radical (unpaired) electrons. The van der Waals surface area contributed by atoms with Crippen molar-refractivity contribution < 1.29 is 4.79 Å². The summed E-state index contributed by atoms with van der Waals surface area (Å²) < 4.78 is 3.06. The van der Waals surface area contributed by atoms with Gasteiger partial charge in [-0.3, -0.25) is 9.48 Å². The van der Waals surface area contributed by atoms with Gasteiger partial charge in [0.15, 0.2) is 5.01 Å². The highest BCUT2D eigenvalue weighted by molar-refractivity contribution is 7.20.